The highest BCUT2D eigenvalue weighted by atomic mass is 32.1. The summed E-state index contributed by atoms with van der Waals surface area (Å²) in [6.45, 7) is 4.76. The molecular weight excluding hydrogens is 591 g/mol. The number of rotatable bonds is 9. The Kier molecular flexibility index (Phi) is 8.49. The Balaban J connectivity index is 1.55. The molecule has 3 aromatic carbocycles. The van der Waals surface area contributed by atoms with Crippen LogP contribution >= 0.6 is 22.7 Å². The van der Waals surface area contributed by atoms with Crippen LogP contribution in [0.2, 0.25) is 0 Å². The third-order valence-corrected chi connectivity index (χ3v) is 8.89. The van der Waals surface area contributed by atoms with E-state index in [4.69, 9.17) is 9.68 Å². The summed E-state index contributed by atoms with van der Waals surface area (Å²) in [7, 11) is 0. The highest BCUT2D eigenvalue weighted by Crippen LogP contribution is 2.34. The Morgan fingerprint density at radius 2 is 1.16 bits per heavy atom. The summed E-state index contributed by atoms with van der Waals surface area (Å²) < 4.78 is 2.24. The number of nitrogens with zero attached hydrogens (tertiary/aromatic N) is 3. The van der Waals surface area contributed by atoms with Gasteiger partial charge in [0, 0.05) is 64.0 Å². The van der Waals surface area contributed by atoms with Crippen LogP contribution in [0.1, 0.15) is 40.3 Å². The average molecular weight is 620 g/mol. The molecule has 220 valence electrons. The van der Waals surface area contributed by atoms with Gasteiger partial charge < -0.3 is 14.2 Å². The van der Waals surface area contributed by atoms with Crippen molar-refractivity contribution in [2.45, 2.75) is 33.6 Å². The normalized spacial score (nSPS) is 12.2. The Hall–Kier alpha value is -4.86. The number of aromatic nitrogens is 1. The molecule has 0 fully saturated rings. The second-order valence-corrected chi connectivity index (χ2v) is 12.5. The SMILES string of the molecule is CC(=O)ON=C(Cc1cccs1)c1ccc2c(c1)c1cc(C(Cc3cccs3)=NOC(C)=O)ccc1n2-c1ccc(C)cc1. The van der Waals surface area contributed by atoms with Crippen LogP contribution in [0, 0.1) is 6.92 Å². The Morgan fingerprint density at radius 3 is 1.57 bits per heavy atom. The van der Waals surface area contributed by atoms with Gasteiger partial charge in [-0.1, -0.05) is 52.3 Å². The number of hydrogen-bond donors (Lipinski definition) is 0. The zero-order chi connectivity index (χ0) is 30.6. The lowest BCUT2D eigenvalue weighted by molar-refractivity contribution is -0.141. The van der Waals surface area contributed by atoms with Gasteiger partial charge in [0.25, 0.3) is 0 Å². The molecule has 0 spiro atoms. The third kappa shape index (κ3) is 6.39. The zero-order valence-electron chi connectivity index (χ0n) is 24.4. The second kappa shape index (κ2) is 12.8. The van der Waals surface area contributed by atoms with E-state index in [0.29, 0.717) is 24.3 Å². The number of oxime groups is 2. The lowest BCUT2D eigenvalue weighted by atomic mass is 10.0. The molecule has 6 aromatic rings. The maximum absolute atomic E-state index is 11.7. The molecule has 0 saturated heterocycles. The number of carbonyl (C=O) groups excluding carboxylic acids is 2. The first-order chi connectivity index (χ1) is 21.4. The Morgan fingerprint density at radius 1 is 0.682 bits per heavy atom. The summed E-state index contributed by atoms with van der Waals surface area (Å²) in [5.41, 5.74) is 7.28. The van der Waals surface area contributed by atoms with Crippen LogP contribution in [-0.2, 0) is 32.1 Å². The molecule has 0 aliphatic rings. The molecule has 0 N–H and O–H groups in total. The standard InChI is InChI=1S/C35H29N3O4S2/c1-22-8-12-27(13-9-22)38-34-14-10-25(32(36-41-23(2)39)20-28-6-4-16-43-28)18-30(34)31-19-26(11-15-35(31)38)33(37-42-24(3)40)21-29-7-5-17-44-29/h4-19H,20-21H2,1-3H3. The van der Waals surface area contributed by atoms with Gasteiger partial charge in [-0.3, -0.25) is 0 Å². The molecule has 0 amide bonds. The molecule has 3 heterocycles. The van der Waals surface area contributed by atoms with Crippen molar-refractivity contribution >= 4 is 67.8 Å². The molecule has 0 radical (unpaired) electrons. The number of thiophene rings is 2. The van der Waals surface area contributed by atoms with Crippen molar-refractivity contribution in [3.8, 4) is 5.69 Å². The minimum Gasteiger partial charge on any atom is -0.318 e. The van der Waals surface area contributed by atoms with Crippen LogP contribution in [0.15, 0.2) is 106 Å². The first-order valence-corrected chi connectivity index (χ1v) is 15.8. The number of aryl methyl sites for hydroxylation is 1. The molecule has 9 heteroatoms. The molecule has 0 unspecified atom stereocenters. The Labute approximate surface area is 262 Å². The van der Waals surface area contributed by atoms with Gasteiger partial charge >= 0.3 is 11.9 Å². The number of hydrogen-bond acceptors (Lipinski definition) is 8. The van der Waals surface area contributed by atoms with Crippen LogP contribution in [0.5, 0.6) is 0 Å². The number of fused-ring (bicyclic) bond motifs is 3. The van der Waals surface area contributed by atoms with Gasteiger partial charge in [-0.05, 0) is 66.2 Å². The molecule has 3 aromatic heterocycles. The lowest BCUT2D eigenvalue weighted by Gasteiger charge is -2.10. The summed E-state index contributed by atoms with van der Waals surface area (Å²) in [5.74, 6) is -0.943. The van der Waals surface area contributed by atoms with Crippen molar-refractivity contribution in [2.24, 2.45) is 10.3 Å². The van der Waals surface area contributed by atoms with E-state index in [1.165, 1.54) is 19.4 Å². The molecular formula is C35H29N3O4S2. The predicted octanol–water partition coefficient (Wildman–Crippen LogP) is 8.23. The molecule has 6 rings (SSSR count). The molecule has 0 bridgehead atoms. The summed E-state index contributed by atoms with van der Waals surface area (Å²) in [6, 6.07) is 28.9. The predicted molar refractivity (Wildman–Crippen MR) is 178 cm³/mol. The fourth-order valence-corrected chi connectivity index (χ4v) is 6.54. The van der Waals surface area contributed by atoms with Crippen LogP contribution in [0.3, 0.4) is 0 Å². The lowest BCUT2D eigenvalue weighted by Crippen LogP contribution is -2.07. The van der Waals surface area contributed by atoms with E-state index in [2.05, 4.69) is 70.3 Å². The fourth-order valence-electron chi connectivity index (χ4n) is 5.12. The van der Waals surface area contributed by atoms with Gasteiger partial charge in [-0.2, -0.15) is 0 Å². The van der Waals surface area contributed by atoms with Gasteiger partial charge in [0.1, 0.15) is 0 Å². The van der Waals surface area contributed by atoms with Crippen LogP contribution in [0.4, 0.5) is 0 Å². The largest absolute Gasteiger partial charge is 0.331 e. The minimum absolute atomic E-state index is 0.472. The minimum atomic E-state index is -0.472. The molecule has 0 saturated carbocycles. The number of benzene rings is 3. The highest BCUT2D eigenvalue weighted by Gasteiger charge is 2.18. The van der Waals surface area contributed by atoms with Crippen molar-refractivity contribution in [2.75, 3.05) is 0 Å². The van der Waals surface area contributed by atoms with Gasteiger partial charge in [-0.15, -0.1) is 22.7 Å². The maximum atomic E-state index is 11.7. The third-order valence-electron chi connectivity index (χ3n) is 7.14. The molecule has 7 nitrogen and oxygen atoms in total. The first-order valence-electron chi connectivity index (χ1n) is 14.1. The molecule has 44 heavy (non-hydrogen) atoms. The van der Waals surface area contributed by atoms with E-state index < -0.39 is 11.9 Å². The van der Waals surface area contributed by atoms with E-state index in [-0.39, 0.29) is 0 Å². The van der Waals surface area contributed by atoms with Crippen molar-refractivity contribution in [1.82, 2.24) is 4.57 Å². The quantitative estimate of drug-likeness (QED) is 0.0927. The van der Waals surface area contributed by atoms with E-state index in [9.17, 15) is 9.59 Å². The molecule has 0 aliphatic carbocycles. The Bertz CT molecular complexity index is 1900. The highest BCUT2D eigenvalue weighted by molar-refractivity contribution is 7.10. The van der Waals surface area contributed by atoms with E-state index in [1.807, 2.05) is 47.2 Å². The summed E-state index contributed by atoms with van der Waals surface area (Å²) in [5, 5.41) is 14.6. The van der Waals surface area contributed by atoms with Crippen LogP contribution < -0.4 is 0 Å². The summed E-state index contributed by atoms with van der Waals surface area (Å²) in [4.78, 5) is 35.9. The van der Waals surface area contributed by atoms with E-state index >= 15 is 0 Å². The van der Waals surface area contributed by atoms with Crippen LogP contribution in [0.25, 0.3) is 27.5 Å². The van der Waals surface area contributed by atoms with Crippen LogP contribution in [-0.4, -0.2) is 27.9 Å². The molecule has 0 atom stereocenters. The summed E-state index contributed by atoms with van der Waals surface area (Å²) in [6.07, 6.45) is 1.05. The zero-order valence-corrected chi connectivity index (χ0v) is 26.1. The van der Waals surface area contributed by atoms with Crippen molar-refractivity contribution in [3.05, 3.63) is 122 Å². The second-order valence-electron chi connectivity index (χ2n) is 10.4. The topological polar surface area (TPSA) is 82.2 Å². The molecule has 0 aliphatic heterocycles. The maximum Gasteiger partial charge on any atom is 0.331 e. The average Bonchev–Trinajstić information content (AvgIpc) is 3.78. The van der Waals surface area contributed by atoms with E-state index in [1.54, 1.807) is 22.7 Å². The van der Waals surface area contributed by atoms with Gasteiger partial charge in [0.2, 0.25) is 0 Å². The van der Waals surface area contributed by atoms with Gasteiger partial charge in [0.15, 0.2) is 0 Å². The number of carbonyl (C=O) groups is 2. The van der Waals surface area contributed by atoms with Gasteiger partial charge in [-0.25, -0.2) is 9.59 Å². The smallest absolute Gasteiger partial charge is 0.318 e. The first kappa shape index (κ1) is 29.2. The monoisotopic (exact) mass is 619 g/mol. The van der Waals surface area contributed by atoms with Crippen molar-refractivity contribution in [3.63, 3.8) is 0 Å². The van der Waals surface area contributed by atoms with Gasteiger partial charge in [0.05, 0.1) is 22.5 Å². The van der Waals surface area contributed by atoms with Crippen molar-refractivity contribution in [1.29, 1.82) is 0 Å². The van der Waals surface area contributed by atoms with Crippen molar-refractivity contribution < 1.29 is 19.3 Å². The van der Waals surface area contributed by atoms with E-state index in [0.717, 1.165) is 48.4 Å². The fraction of sp³-hybridized carbons (Fsp3) is 0.143. The summed E-state index contributed by atoms with van der Waals surface area (Å²) >= 11 is 3.26.